The van der Waals surface area contributed by atoms with Crippen LogP contribution in [0.3, 0.4) is 0 Å². The van der Waals surface area contributed by atoms with Gasteiger partial charge in [0, 0.05) is 5.69 Å². The first-order chi connectivity index (χ1) is 7.29. The number of phenolic OH excluding ortho intramolecular Hbond substituents is 1. The molecule has 0 saturated heterocycles. The molecule has 0 bridgehead atoms. The summed E-state index contributed by atoms with van der Waals surface area (Å²) in [6, 6.07) is 5.79. The lowest BCUT2D eigenvalue weighted by Crippen LogP contribution is -2.13. The molecule has 0 aromatic heterocycles. The standard InChI is InChI=1S/C11H14N2O2/c1-2-8-7-9(14)3-4-10(8)13-11-12-5-6-15-11/h3-4,7,14H,2,5-6H2,1H3,(H,12,13). The first kappa shape index (κ1) is 9.83. The highest BCUT2D eigenvalue weighted by molar-refractivity contribution is 5.90. The molecule has 0 fully saturated rings. The van der Waals surface area contributed by atoms with Crippen LogP contribution in [0, 0.1) is 0 Å². The molecule has 1 aliphatic heterocycles. The summed E-state index contributed by atoms with van der Waals surface area (Å²) in [7, 11) is 0. The molecule has 1 heterocycles. The maximum atomic E-state index is 9.34. The van der Waals surface area contributed by atoms with Crippen molar-refractivity contribution < 1.29 is 9.84 Å². The predicted octanol–water partition coefficient (Wildman–Crippen LogP) is 1.75. The van der Waals surface area contributed by atoms with E-state index in [1.165, 1.54) is 0 Å². The molecular weight excluding hydrogens is 192 g/mol. The number of benzene rings is 1. The summed E-state index contributed by atoms with van der Waals surface area (Å²) in [6.45, 7) is 3.39. The number of amidine groups is 1. The SMILES string of the molecule is CCc1cc(O)ccc1NC1=NCCO1. The van der Waals surface area contributed by atoms with Gasteiger partial charge in [-0.05, 0) is 30.2 Å². The highest BCUT2D eigenvalue weighted by Gasteiger charge is 2.09. The Morgan fingerprint density at radius 2 is 2.40 bits per heavy atom. The number of aromatic hydroxyl groups is 1. The van der Waals surface area contributed by atoms with Crippen LogP contribution in [0.2, 0.25) is 0 Å². The van der Waals surface area contributed by atoms with Crippen molar-refractivity contribution in [1.82, 2.24) is 0 Å². The molecule has 4 nitrogen and oxygen atoms in total. The minimum absolute atomic E-state index is 0.284. The average molecular weight is 206 g/mol. The van der Waals surface area contributed by atoms with Crippen molar-refractivity contribution in [2.75, 3.05) is 18.5 Å². The summed E-state index contributed by atoms with van der Waals surface area (Å²) < 4.78 is 5.26. The second-order valence-electron chi connectivity index (χ2n) is 3.36. The summed E-state index contributed by atoms with van der Waals surface area (Å²) >= 11 is 0. The number of rotatable bonds is 2. The van der Waals surface area contributed by atoms with Gasteiger partial charge in [-0.15, -0.1) is 0 Å². The smallest absolute Gasteiger partial charge is 0.289 e. The second-order valence-corrected chi connectivity index (χ2v) is 3.36. The lowest BCUT2D eigenvalue weighted by Gasteiger charge is -2.10. The number of aryl methyl sites for hydroxylation is 1. The normalized spacial score (nSPS) is 14.6. The highest BCUT2D eigenvalue weighted by Crippen LogP contribution is 2.22. The fraction of sp³-hybridized carbons (Fsp3) is 0.364. The minimum atomic E-state index is 0.284. The highest BCUT2D eigenvalue weighted by atomic mass is 16.5. The topological polar surface area (TPSA) is 53.8 Å². The predicted molar refractivity (Wildman–Crippen MR) is 59.4 cm³/mol. The van der Waals surface area contributed by atoms with Crippen LogP contribution >= 0.6 is 0 Å². The Labute approximate surface area is 88.6 Å². The number of hydrogen-bond acceptors (Lipinski definition) is 4. The molecule has 4 heteroatoms. The van der Waals surface area contributed by atoms with E-state index in [-0.39, 0.29) is 5.75 Å². The molecule has 2 N–H and O–H groups in total. The molecule has 1 aromatic carbocycles. The Morgan fingerprint density at radius 3 is 3.07 bits per heavy atom. The van der Waals surface area contributed by atoms with Crippen LogP contribution in [0.4, 0.5) is 5.69 Å². The number of hydrogen-bond donors (Lipinski definition) is 2. The van der Waals surface area contributed by atoms with Gasteiger partial charge in [-0.1, -0.05) is 6.92 Å². The Balaban J connectivity index is 2.19. The van der Waals surface area contributed by atoms with Gasteiger partial charge in [0.05, 0.1) is 6.54 Å². The quantitative estimate of drug-likeness (QED) is 0.725. The summed E-state index contributed by atoms with van der Waals surface area (Å²) in [5, 5.41) is 12.4. The Morgan fingerprint density at radius 1 is 1.53 bits per heavy atom. The molecule has 0 saturated carbocycles. The molecule has 1 aromatic rings. The largest absolute Gasteiger partial charge is 0.508 e. The van der Waals surface area contributed by atoms with Crippen molar-refractivity contribution in [3.63, 3.8) is 0 Å². The lowest BCUT2D eigenvalue weighted by atomic mass is 10.1. The molecule has 0 atom stereocenters. The first-order valence-corrected chi connectivity index (χ1v) is 5.05. The maximum absolute atomic E-state index is 9.34. The summed E-state index contributed by atoms with van der Waals surface area (Å²) in [4.78, 5) is 4.15. The lowest BCUT2D eigenvalue weighted by molar-refractivity contribution is 0.346. The minimum Gasteiger partial charge on any atom is -0.508 e. The van der Waals surface area contributed by atoms with Crippen molar-refractivity contribution in [2.24, 2.45) is 4.99 Å². The van der Waals surface area contributed by atoms with Crippen LogP contribution < -0.4 is 5.32 Å². The second kappa shape index (κ2) is 4.21. The third-order valence-corrected chi connectivity index (χ3v) is 2.30. The Kier molecular flexibility index (Phi) is 2.76. The number of aliphatic imine (C=N–C) groups is 1. The van der Waals surface area contributed by atoms with Crippen LogP contribution in [-0.2, 0) is 11.2 Å². The molecule has 80 valence electrons. The van der Waals surface area contributed by atoms with Gasteiger partial charge in [0.2, 0.25) is 0 Å². The molecule has 0 aliphatic carbocycles. The molecular formula is C11H14N2O2. The van der Waals surface area contributed by atoms with E-state index in [1.54, 1.807) is 12.1 Å². The molecule has 15 heavy (non-hydrogen) atoms. The summed E-state index contributed by atoms with van der Waals surface area (Å²) in [5.74, 6) is 0.284. The molecule has 0 radical (unpaired) electrons. The van der Waals surface area contributed by atoms with Gasteiger partial charge in [-0.3, -0.25) is 0 Å². The van der Waals surface area contributed by atoms with E-state index in [0.29, 0.717) is 19.2 Å². The third-order valence-electron chi connectivity index (χ3n) is 2.30. The van der Waals surface area contributed by atoms with E-state index in [9.17, 15) is 5.11 Å². The van der Waals surface area contributed by atoms with Crippen molar-refractivity contribution in [1.29, 1.82) is 0 Å². The van der Waals surface area contributed by atoms with Crippen LogP contribution in [-0.4, -0.2) is 24.3 Å². The van der Waals surface area contributed by atoms with Gasteiger partial charge < -0.3 is 15.2 Å². The van der Waals surface area contributed by atoms with Crippen LogP contribution in [0.5, 0.6) is 5.75 Å². The molecule has 0 spiro atoms. The monoisotopic (exact) mass is 206 g/mol. The van der Waals surface area contributed by atoms with Crippen molar-refractivity contribution >= 4 is 11.7 Å². The number of nitrogens with zero attached hydrogens (tertiary/aromatic N) is 1. The fourth-order valence-corrected chi connectivity index (χ4v) is 1.52. The van der Waals surface area contributed by atoms with Crippen molar-refractivity contribution in [2.45, 2.75) is 13.3 Å². The first-order valence-electron chi connectivity index (χ1n) is 5.05. The van der Waals surface area contributed by atoms with Crippen molar-refractivity contribution in [3.8, 4) is 5.75 Å². The van der Waals surface area contributed by atoms with Crippen molar-refractivity contribution in [3.05, 3.63) is 23.8 Å². The fourth-order valence-electron chi connectivity index (χ4n) is 1.52. The summed E-state index contributed by atoms with van der Waals surface area (Å²) in [5.41, 5.74) is 1.99. The van der Waals surface area contributed by atoms with Gasteiger partial charge in [0.1, 0.15) is 12.4 Å². The summed E-state index contributed by atoms with van der Waals surface area (Å²) in [6.07, 6.45) is 0.851. The molecule has 2 rings (SSSR count). The number of nitrogens with one attached hydrogen (secondary N) is 1. The van der Waals surface area contributed by atoms with Gasteiger partial charge in [-0.25, -0.2) is 4.99 Å². The average Bonchev–Trinajstić information content (AvgIpc) is 2.73. The van der Waals surface area contributed by atoms with E-state index in [1.807, 2.05) is 13.0 Å². The zero-order chi connectivity index (χ0) is 10.7. The van der Waals surface area contributed by atoms with E-state index >= 15 is 0 Å². The third kappa shape index (κ3) is 2.21. The van der Waals surface area contributed by atoms with Gasteiger partial charge >= 0.3 is 0 Å². The van der Waals surface area contributed by atoms with Gasteiger partial charge in [-0.2, -0.15) is 0 Å². The van der Waals surface area contributed by atoms with Crippen LogP contribution in [0.25, 0.3) is 0 Å². The van der Waals surface area contributed by atoms with E-state index in [4.69, 9.17) is 4.74 Å². The van der Waals surface area contributed by atoms with Gasteiger partial charge in [0.25, 0.3) is 6.02 Å². The Hall–Kier alpha value is -1.71. The maximum Gasteiger partial charge on any atom is 0.289 e. The molecule has 0 amide bonds. The number of ether oxygens (including phenoxy) is 1. The van der Waals surface area contributed by atoms with E-state index in [2.05, 4.69) is 10.3 Å². The zero-order valence-electron chi connectivity index (χ0n) is 8.66. The zero-order valence-corrected chi connectivity index (χ0v) is 8.66. The number of phenols is 1. The van der Waals surface area contributed by atoms with E-state index in [0.717, 1.165) is 17.7 Å². The van der Waals surface area contributed by atoms with E-state index < -0.39 is 0 Å². The van der Waals surface area contributed by atoms with Crippen LogP contribution in [0.1, 0.15) is 12.5 Å². The van der Waals surface area contributed by atoms with Crippen LogP contribution in [0.15, 0.2) is 23.2 Å². The van der Waals surface area contributed by atoms with Gasteiger partial charge in [0.15, 0.2) is 0 Å². The number of anilines is 1. The molecule has 0 unspecified atom stereocenters. The molecule has 1 aliphatic rings. The Bertz CT molecular complexity index is 388.